The Balaban J connectivity index is 2.77. The first-order valence-corrected chi connectivity index (χ1v) is 7.28. The van der Waals surface area contributed by atoms with E-state index in [0.717, 1.165) is 11.3 Å². The van der Waals surface area contributed by atoms with Crippen LogP contribution < -0.4 is 5.32 Å². The molecule has 0 fully saturated rings. The summed E-state index contributed by atoms with van der Waals surface area (Å²) in [5, 5.41) is 16.4. The highest BCUT2D eigenvalue weighted by Crippen LogP contribution is 2.31. The Morgan fingerprint density at radius 3 is 2.38 bits per heavy atom. The predicted octanol–water partition coefficient (Wildman–Crippen LogP) is 2.19. The number of nitrogens with one attached hydrogen (secondary N) is 1. The normalized spacial score (nSPS) is 13.0. The molecular weight excluding hydrogens is 270 g/mol. The van der Waals surface area contributed by atoms with E-state index in [4.69, 9.17) is 0 Å². The zero-order valence-corrected chi connectivity index (χ0v) is 13.4. The Hall–Kier alpha value is -1.85. The molecule has 0 aromatic carbocycles. The largest absolute Gasteiger partial charge is 0.481 e. The Labute approximate surface area is 125 Å². The van der Waals surface area contributed by atoms with Crippen LogP contribution >= 0.6 is 0 Å². The van der Waals surface area contributed by atoms with Gasteiger partial charge >= 0.3 is 5.97 Å². The third-order valence-electron chi connectivity index (χ3n) is 4.42. The van der Waals surface area contributed by atoms with Gasteiger partial charge in [0.05, 0.1) is 17.7 Å². The van der Waals surface area contributed by atoms with Gasteiger partial charge in [0.15, 0.2) is 0 Å². The molecule has 118 valence electrons. The summed E-state index contributed by atoms with van der Waals surface area (Å²) in [5.41, 5.74) is 0.950. The smallest absolute Gasteiger partial charge is 0.310 e. The molecule has 2 N–H and O–H groups in total. The standard InChI is InChI=1S/C15H25N3O3/c1-6-15(7-2,14(20)21)8-13(19)17-10(3)12-9-16-18(5)11(12)4/h9-10H,6-8H2,1-5H3,(H,17,19)(H,20,21). The number of carbonyl (C=O) groups is 2. The minimum atomic E-state index is -0.978. The van der Waals surface area contributed by atoms with Crippen LogP contribution in [0.2, 0.25) is 0 Å². The molecule has 1 aromatic rings. The van der Waals surface area contributed by atoms with E-state index in [1.54, 1.807) is 24.7 Å². The Kier molecular flexibility index (Phi) is 5.52. The van der Waals surface area contributed by atoms with Gasteiger partial charge in [0, 0.05) is 24.7 Å². The summed E-state index contributed by atoms with van der Waals surface area (Å²) in [4.78, 5) is 23.6. The van der Waals surface area contributed by atoms with Crippen LogP contribution in [0.5, 0.6) is 0 Å². The van der Waals surface area contributed by atoms with Crippen LogP contribution in [-0.2, 0) is 16.6 Å². The quantitative estimate of drug-likeness (QED) is 0.807. The number of nitrogens with zero attached hydrogens (tertiary/aromatic N) is 2. The second-order valence-electron chi connectivity index (χ2n) is 5.57. The minimum absolute atomic E-state index is 0.00101. The highest BCUT2D eigenvalue weighted by atomic mass is 16.4. The van der Waals surface area contributed by atoms with Gasteiger partial charge in [0.2, 0.25) is 5.91 Å². The fourth-order valence-corrected chi connectivity index (χ4v) is 2.50. The number of carboxylic acids is 1. The fraction of sp³-hybridized carbons (Fsp3) is 0.667. The van der Waals surface area contributed by atoms with Crippen LogP contribution in [0.25, 0.3) is 0 Å². The van der Waals surface area contributed by atoms with Gasteiger partial charge in [0.1, 0.15) is 0 Å². The van der Waals surface area contributed by atoms with Gasteiger partial charge < -0.3 is 10.4 Å². The molecule has 0 saturated carbocycles. The van der Waals surface area contributed by atoms with Gasteiger partial charge in [0.25, 0.3) is 0 Å². The number of aryl methyl sites for hydroxylation is 1. The molecule has 0 aliphatic rings. The average molecular weight is 295 g/mol. The summed E-state index contributed by atoms with van der Waals surface area (Å²) in [6.07, 6.45) is 2.60. The van der Waals surface area contributed by atoms with Crippen LogP contribution in [0, 0.1) is 12.3 Å². The van der Waals surface area contributed by atoms with Crippen molar-refractivity contribution in [2.75, 3.05) is 0 Å². The van der Waals surface area contributed by atoms with Crippen LogP contribution in [0.3, 0.4) is 0 Å². The van der Waals surface area contributed by atoms with Crippen LogP contribution in [0.4, 0.5) is 0 Å². The lowest BCUT2D eigenvalue weighted by Crippen LogP contribution is -2.37. The Morgan fingerprint density at radius 1 is 1.43 bits per heavy atom. The second kappa shape index (κ2) is 6.74. The van der Waals surface area contributed by atoms with E-state index in [9.17, 15) is 14.7 Å². The number of carboxylic acid groups (broad SMARTS) is 1. The van der Waals surface area contributed by atoms with Gasteiger partial charge in [-0.1, -0.05) is 13.8 Å². The molecule has 1 aromatic heterocycles. The van der Waals surface area contributed by atoms with Crippen LogP contribution in [-0.4, -0.2) is 26.8 Å². The lowest BCUT2D eigenvalue weighted by molar-refractivity contribution is -0.152. The topological polar surface area (TPSA) is 84.2 Å². The summed E-state index contributed by atoms with van der Waals surface area (Å²) in [6.45, 7) is 7.42. The number of carbonyl (C=O) groups excluding carboxylic acids is 1. The number of amides is 1. The van der Waals surface area contributed by atoms with Gasteiger partial charge in [-0.3, -0.25) is 14.3 Å². The molecule has 1 atom stereocenters. The first kappa shape index (κ1) is 17.2. The monoisotopic (exact) mass is 295 g/mol. The van der Waals surface area contributed by atoms with Gasteiger partial charge in [-0.15, -0.1) is 0 Å². The molecule has 1 amide bonds. The van der Waals surface area contributed by atoms with E-state index in [1.807, 2.05) is 20.9 Å². The summed E-state index contributed by atoms with van der Waals surface area (Å²) in [5.74, 6) is -1.15. The summed E-state index contributed by atoms with van der Waals surface area (Å²) in [7, 11) is 1.84. The molecule has 1 heterocycles. The number of aromatic nitrogens is 2. The molecule has 21 heavy (non-hydrogen) atoms. The molecule has 1 rings (SSSR count). The third-order valence-corrected chi connectivity index (χ3v) is 4.42. The summed E-state index contributed by atoms with van der Waals surface area (Å²) in [6, 6.07) is -0.189. The minimum Gasteiger partial charge on any atom is -0.481 e. The van der Waals surface area contributed by atoms with Crippen molar-refractivity contribution in [1.82, 2.24) is 15.1 Å². The SMILES string of the molecule is CCC(CC)(CC(=O)NC(C)c1cnn(C)c1C)C(=O)O. The maximum absolute atomic E-state index is 12.2. The highest BCUT2D eigenvalue weighted by Gasteiger charge is 2.37. The van der Waals surface area contributed by atoms with E-state index >= 15 is 0 Å². The van der Waals surface area contributed by atoms with Gasteiger partial charge in [-0.2, -0.15) is 5.10 Å². The third kappa shape index (κ3) is 3.62. The molecular formula is C15H25N3O3. The predicted molar refractivity (Wildman–Crippen MR) is 79.8 cm³/mol. The van der Waals surface area contributed by atoms with Crippen molar-refractivity contribution >= 4 is 11.9 Å². The van der Waals surface area contributed by atoms with E-state index in [1.165, 1.54) is 0 Å². The zero-order chi connectivity index (χ0) is 16.2. The molecule has 0 aliphatic heterocycles. The number of aliphatic carboxylic acids is 1. The first-order valence-electron chi connectivity index (χ1n) is 7.28. The average Bonchev–Trinajstić information content (AvgIpc) is 2.76. The van der Waals surface area contributed by atoms with Gasteiger partial charge in [-0.25, -0.2) is 0 Å². The molecule has 0 saturated heterocycles. The van der Waals surface area contributed by atoms with Gasteiger partial charge in [-0.05, 0) is 26.7 Å². The molecule has 6 heteroatoms. The molecule has 0 radical (unpaired) electrons. The molecule has 1 unspecified atom stereocenters. The van der Waals surface area contributed by atoms with Crippen molar-refractivity contribution in [2.24, 2.45) is 12.5 Å². The highest BCUT2D eigenvalue weighted by molar-refractivity contribution is 5.85. The van der Waals surface area contributed by atoms with Crippen molar-refractivity contribution in [3.05, 3.63) is 17.5 Å². The number of hydrogen-bond donors (Lipinski definition) is 2. The van der Waals surface area contributed by atoms with E-state index < -0.39 is 11.4 Å². The number of hydrogen-bond acceptors (Lipinski definition) is 3. The Morgan fingerprint density at radius 2 is 2.00 bits per heavy atom. The molecule has 0 aliphatic carbocycles. The second-order valence-corrected chi connectivity index (χ2v) is 5.57. The molecule has 0 spiro atoms. The zero-order valence-electron chi connectivity index (χ0n) is 13.4. The fourth-order valence-electron chi connectivity index (χ4n) is 2.50. The lowest BCUT2D eigenvalue weighted by Gasteiger charge is -2.26. The van der Waals surface area contributed by atoms with Crippen LogP contribution in [0.15, 0.2) is 6.20 Å². The van der Waals surface area contributed by atoms with E-state index in [0.29, 0.717) is 12.8 Å². The maximum Gasteiger partial charge on any atom is 0.310 e. The van der Waals surface area contributed by atoms with Crippen molar-refractivity contribution in [2.45, 2.75) is 53.0 Å². The van der Waals surface area contributed by atoms with Crippen molar-refractivity contribution < 1.29 is 14.7 Å². The maximum atomic E-state index is 12.2. The van der Waals surface area contributed by atoms with Crippen molar-refractivity contribution in [3.8, 4) is 0 Å². The van der Waals surface area contributed by atoms with E-state index in [2.05, 4.69) is 10.4 Å². The van der Waals surface area contributed by atoms with Crippen molar-refractivity contribution in [1.29, 1.82) is 0 Å². The lowest BCUT2D eigenvalue weighted by atomic mass is 9.79. The van der Waals surface area contributed by atoms with Crippen molar-refractivity contribution in [3.63, 3.8) is 0 Å². The van der Waals surface area contributed by atoms with E-state index in [-0.39, 0.29) is 18.4 Å². The first-order chi connectivity index (χ1) is 9.77. The molecule has 6 nitrogen and oxygen atoms in total. The number of rotatable bonds is 7. The molecule has 0 bridgehead atoms. The van der Waals surface area contributed by atoms with Crippen LogP contribution in [0.1, 0.15) is 57.3 Å². The summed E-state index contributed by atoms with van der Waals surface area (Å²) >= 11 is 0. The summed E-state index contributed by atoms with van der Waals surface area (Å²) < 4.78 is 1.75. The Bertz CT molecular complexity index is 518.